The van der Waals surface area contributed by atoms with Gasteiger partial charge in [-0.1, -0.05) is 0 Å². The molecule has 0 aromatic heterocycles. The summed E-state index contributed by atoms with van der Waals surface area (Å²) in [6.07, 6.45) is -0.693. The molecule has 0 aromatic carbocycles. The first-order chi connectivity index (χ1) is 5.64. The SMILES string of the molecule is OC1(C(F)F)CCN2CCCC21. The molecule has 1 N–H and O–H groups in total. The van der Waals surface area contributed by atoms with Crippen LogP contribution in [0, 0.1) is 0 Å². The van der Waals surface area contributed by atoms with Crippen LogP contribution in [0.1, 0.15) is 19.3 Å². The molecule has 4 heteroatoms. The van der Waals surface area contributed by atoms with Gasteiger partial charge in [0.2, 0.25) is 0 Å². The van der Waals surface area contributed by atoms with Crippen molar-refractivity contribution in [1.29, 1.82) is 0 Å². The number of hydrogen-bond acceptors (Lipinski definition) is 2. The van der Waals surface area contributed by atoms with Crippen LogP contribution in [-0.4, -0.2) is 41.2 Å². The Hall–Kier alpha value is -0.220. The summed E-state index contributed by atoms with van der Waals surface area (Å²) in [5.41, 5.74) is -1.71. The summed E-state index contributed by atoms with van der Waals surface area (Å²) < 4.78 is 25.0. The van der Waals surface area contributed by atoms with Crippen LogP contribution < -0.4 is 0 Å². The number of hydrogen-bond donors (Lipinski definition) is 1. The fourth-order valence-electron chi connectivity index (χ4n) is 2.40. The van der Waals surface area contributed by atoms with Gasteiger partial charge in [0.1, 0.15) is 5.60 Å². The Balaban J connectivity index is 2.17. The Morgan fingerprint density at radius 3 is 2.83 bits per heavy atom. The lowest BCUT2D eigenvalue weighted by atomic mass is 9.93. The highest BCUT2D eigenvalue weighted by molar-refractivity contribution is 5.04. The summed E-state index contributed by atoms with van der Waals surface area (Å²) in [6.45, 7) is 1.51. The van der Waals surface area contributed by atoms with E-state index >= 15 is 0 Å². The van der Waals surface area contributed by atoms with E-state index in [1.165, 1.54) is 0 Å². The Bertz CT molecular complexity index is 188. The van der Waals surface area contributed by atoms with Crippen LogP contribution in [0.2, 0.25) is 0 Å². The monoisotopic (exact) mass is 177 g/mol. The average Bonchev–Trinajstić information content (AvgIpc) is 2.54. The molecule has 2 fully saturated rings. The van der Waals surface area contributed by atoms with E-state index in [-0.39, 0.29) is 12.5 Å². The lowest BCUT2D eigenvalue weighted by Gasteiger charge is -2.28. The first-order valence-electron chi connectivity index (χ1n) is 4.39. The molecule has 0 bridgehead atoms. The molecule has 2 unspecified atom stereocenters. The van der Waals surface area contributed by atoms with Crippen molar-refractivity contribution in [3.63, 3.8) is 0 Å². The second kappa shape index (κ2) is 2.64. The van der Waals surface area contributed by atoms with Gasteiger partial charge in [0.15, 0.2) is 0 Å². The minimum atomic E-state index is -2.59. The molecule has 0 radical (unpaired) electrons. The summed E-state index contributed by atoms with van der Waals surface area (Å²) in [4.78, 5) is 1.98. The van der Waals surface area contributed by atoms with E-state index < -0.39 is 12.0 Å². The number of halogens is 2. The number of aliphatic hydroxyl groups is 1. The first kappa shape index (κ1) is 8.38. The maximum Gasteiger partial charge on any atom is 0.268 e. The molecule has 2 nitrogen and oxygen atoms in total. The van der Waals surface area contributed by atoms with E-state index in [0.717, 1.165) is 19.4 Å². The van der Waals surface area contributed by atoms with Crippen LogP contribution in [0.5, 0.6) is 0 Å². The summed E-state index contributed by atoms with van der Waals surface area (Å²) in [6, 6.07) is -0.280. The van der Waals surface area contributed by atoms with Crippen molar-refractivity contribution in [2.75, 3.05) is 13.1 Å². The Kier molecular flexibility index (Phi) is 1.84. The second-order valence-corrected chi connectivity index (χ2v) is 3.74. The molecule has 2 aliphatic heterocycles. The average molecular weight is 177 g/mol. The molecule has 0 aliphatic carbocycles. The van der Waals surface area contributed by atoms with Crippen LogP contribution in [0.25, 0.3) is 0 Å². The molecule has 0 aromatic rings. The molecule has 2 heterocycles. The van der Waals surface area contributed by atoms with Crippen LogP contribution in [0.15, 0.2) is 0 Å². The normalized spacial score (nSPS) is 42.5. The fourth-order valence-corrected chi connectivity index (χ4v) is 2.40. The zero-order valence-corrected chi connectivity index (χ0v) is 6.84. The minimum absolute atomic E-state index is 0.231. The summed E-state index contributed by atoms with van der Waals surface area (Å²) in [5.74, 6) is 0. The van der Waals surface area contributed by atoms with Crippen molar-refractivity contribution >= 4 is 0 Å². The van der Waals surface area contributed by atoms with Gasteiger partial charge in [0, 0.05) is 12.6 Å². The van der Waals surface area contributed by atoms with E-state index in [1.54, 1.807) is 0 Å². The zero-order valence-electron chi connectivity index (χ0n) is 6.84. The molecule has 0 amide bonds. The maximum atomic E-state index is 12.5. The largest absolute Gasteiger partial charge is 0.382 e. The standard InChI is InChI=1S/C8H13F2NO/c9-7(10)8(12)3-5-11-4-1-2-6(8)11/h6-7,12H,1-5H2. The second-order valence-electron chi connectivity index (χ2n) is 3.74. The third kappa shape index (κ3) is 0.977. The van der Waals surface area contributed by atoms with Gasteiger partial charge < -0.3 is 5.11 Å². The number of alkyl halides is 2. The quantitative estimate of drug-likeness (QED) is 0.642. The van der Waals surface area contributed by atoms with Crippen LogP contribution >= 0.6 is 0 Å². The van der Waals surface area contributed by atoms with Crippen molar-refractivity contribution in [1.82, 2.24) is 4.90 Å². The minimum Gasteiger partial charge on any atom is -0.382 e. The van der Waals surface area contributed by atoms with Gasteiger partial charge in [-0.25, -0.2) is 8.78 Å². The lowest BCUT2D eigenvalue weighted by Crippen LogP contribution is -2.47. The van der Waals surface area contributed by atoms with E-state index in [2.05, 4.69) is 0 Å². The Morgan fingerprint density at radius 1 is 1.42 bits per heavy atom. The predicted octanol–water partition coefficient (Wildman–Crippen LogP) is 0.851. The smallest absolute Gasteiger partial charge is 0.268 e. The molecule has 0 spiro atoms. The molecular weight excluding hydrogens is 164 g/mol. The lowest BCUT2D eigenvalue weighted by molar-refractivity contribution is -0.109. The number of fused-ring (bicyclic) bond motifs is 1. The predicted molar refractivity (Wildman–Crippen MR) is 40.2 cm³/mol. The van der Waals surface area contributed by atoms with Gasteiger partial charge in [0.05, 0.1) is 0 Å². The topological polar surface area (TPSA) is 23.5 Å². The third-order valence-corrected chi connectivity index (χ3v) is 3.12. The van der Waals surface area contributed by atoms with Crippen molar-refractivity contribution in [3.05, 3.63) is 0 Å². The summed E-state index contributed by atoms with van der Waals surface area (Å²) in [7, 11) is 0. The maximum absolute atomic E-state index is 12.5. The van der Waals surface area contributed by atoms with E-state index in [0.29, 0.717) is 6.54 Å². The molecule has 2 aliphatic rings. The zero-order chi connectivity index (χ0) is 8.77. The van der Waals surface area contributed by atoms with E-state index in [4.69, 9.17) is 0 Å². The van der Waals surface area contributed by atoms with Gasteiger partial charge in [-0.05, 0) is 25.8 Å². The Morgan fingerprint density at radius 2 is 2.17 bits per heavy atom. The molecular formula is C8H13F2NO. The van der Waals surface area contributed by atoms with Gasteiger partial charge >= 0.3 is 0 Å². The highest BCUT2D eigenvalue weighted by Gasteiger charge is 2.53. The molecule has 12 heavy (non-hydrogen) atoms. The van der Waals surface area contributed by atoms with Crippen LogP contribution in [0.3, 0.4) is 0 Å². The third-order valence-electron chi connectivity index (χ3n) is 3.12. The first-order valence-corrected chi connectivity index (χ1v) is 4.39. The van der Waals surface area contributed by atoms with Gasteiger partial charge in [0.25, 0.3) is 6.43 Å². The molecule has 2 atom stereocenters. The Labute approximate surface area is 70.2 Å². The fraction of sp³-hybridized carbons (Fsp3) is 1.00. The van der Waals surface area contributed by atoms with Gasteiger partial charge in [-0.3, -0.25) is 4.90 Å². The van der Waals surface area contributed by atoms with E-state index in [9.17, 15) is 13.9 Å². The highest BCUT2D eigenvalue weighted by Crippen LogP contribution is 2.39. The van der Waals surface area contributed by atoms with Crippen molar-refractivity contribution < 1.29 is 13.9 Å². The highest BCUT2D eigenvalue weighted by atomic mass is 19.3. The molecule has 70 valence electrons. The van der Waals surface area contributed by atoms with Crippen molar-refractivity contribution in [2.24, 2.45) is 0 Å². The number of rotatable bonds is 1. The molecule has 2 saturated heterocycles. The van der Waals surface area contributed by atoms with Gasteiger partial charge in [-0.15, -0.1) is 0 Å². The summed E-state index contributed by atoms with van der Waals surface area (Å²) >= 11 is 0. The summed E-state index contributed by atoms with van der Waals surface area (Å²) in [5, 5.41) is 9.65. The van der Waals surface area contributed by atoms with Crippen molar-refractivity contribution in [3.8, 4) is 0 Å². The van der Waals surface area contributed by atoms with Crippen molar-refractivity contribution in [2.45, 2.75) is 37.3 Å². The van der Waals surface area contributed by atoms with E-state index in [1.807, 2.05) is 4.90 Å². The van der Waals surface area contributed by atoms with Gasteiger partial charge in [-0.2, -0.15) is 0 Å². The molecule has 0 saturated carbocycles. The number of nitrogens with zero attached hydrogens (tertiary/aromatic N) is 1. The molecule has 2 rings (SSSR count). The van der Waals surface area contributed by atoms with Crippen LogP contribution in [0.4, 0.5) is 8.78 Å². The van der Waals surface area contributed by atoms with Crippen LogP contribution in [-0.2, 0) is 0 Å².